The number of carbonyl (C=O) groups excluding carboxylic acids is 1. The maximum absolute atomic E-state index is 10.6. The van der Waals surface area contributed by atoms with Gasteiger partial charge < -0.3 is 10.5 Å². The minimum atomic E-state index is -0.787. The van der Waals surface area contributed by atoms with Crippen LogP contribution >= 0.6 is 11.6 Å². The highest BCUT2D eigenvalue weighted by Crippen LogP contribution is 2.22. The molecule has 0 aliphatic rings. The second-order valence-corrected chi connectivity index (χ2v) is 4.23. The number of hydrogen-bond acceptors (Lipinski definition) is 3. The molecule has 0 atom stereocenters. The number of ether oxygens (including phenoxy) is 1. The number of primary amides is 1. The molecule has 82 valence electrons. The molecule has 0 aliphatic carbocycles. The fourth-order valence-electron chi connectivity index (χ4n) is 1.31. The smallest absolute Gasteiger partial charge is 0.405 e. The van der Waals surface area contributed by atoms with Crippen molar-refractivity contribution >= 4 is 17.7 Å². The lowest BCUT2D eigenvalue weighted by atomic mass is 9.99. The van der Waals surface area contributed by atoms with Gasteiger partial charge in [-0.2, -0.15) is 0 Å². The minimum Gasteiger partial charge on any atom is -0.443 e. The summed E-state index contributed by atoms with van der Waals surface area (Å²) in [5, 5.41) is 0.554. The molecule has 0 aromatic carbocycles. The highest BCUT2D eigenvalue weighted by Gasteiger charge is 2.23. The Labute approximate surface area is 93.4 Å². The van der Waals surface area contributed by atoms with E-state index in [9.17, 15) is 4.79 Å². The van der Waals surface area contributed by atoms with E-state index in [4.69, 9.17) is 22.1 Å². The first-order valence-corrected chi connectivity index (χ1v) is 4.85. The molecule has 1 heterocycles. The van der Waals surface area contributed by atoms with Crippen molar-refractivity contribution in [2.24, 2.45) is 5.73 Å². The Morgan fingerprint density at radius 3 is 2.87 bits per heavy atom. The molecule has 5 heteroatoms. The van der Waals surface area contributed by atoms with Gasteiger partial charge in [0.2, 0.25) is 0 Å². The van der Waals surface area contributed by atoms with Crippen LogP contribution in [0.1, 0.15) is 19.4 Å². The average Bonchev–Trinajstić information content (AvgIpc) is 2.06. The second-order valence-electron chi connectivity index (χ2n) is 3.82. The van der Waals surface area contributed by atoms with Crippen molar-refractivity contribution in [3.63, 3.8) is 0 Å². The van der Waals surface area contributed by atoms with E-state index < -0.39 is 11.7 Å². The number of aromatic nitrogens is 1. The van der Waals surface area contributed by atoms with E-state index in [0.717, 1.165) is 5.56 Å². The summed E-state index contributed by atoms with van der Waals surface area (Å²) in [4.78, 5) is 14.5. The van der Waals surface area contributed by atoms with Crippen LogP contribution in [-0.2, 0) is 11.2 Å². The first-order valence-electron chi connectivity index (χ1n) is 4.47. The summed E-state index contributed by atoms with van der Waals surface area (Å²) in [7, 11) is 0. The molecule has 0 fully saturated rings. The maximum atomic E-state index is 10.6. The summed E-state index contributed by atoms with van der Waals surface area (Å²) in [6.07, 6.45) is 2.90. The minimum absolute atomic E-state index is 0.497. The van der Waals surface area contributed by atoms with Gasteiger partial charge in [0.1, 0.15) is 5.60 Å². The summed E-state index contributed by atoms with van der Waals surface area (Å²) < 4.78 is 4.96. The lowest BCUT2D eigenvalue weighted by molar-refractivity contribution is 0.0460. The summed E-state index contributed by atoms with van der Waals surface area (Å²) in [6.45, 7) is 3.54. The van der Waals surface area contributed by atoms with Gasteiger partial charge in [0.15, 0.2) is 0 Å². The van der Waals surface area contributed by atoms with Crippen LogP contribution in [0.5, 0.6) is 0 Å². The zero-order chi connectivity index (χ0) is 11.5. The molecule has 4 nitrogen and oxygen atoms in total. The van der Waals surface area contributed by atoms with Crippen LogP contribution < -0.4 is 5.73 Å². The van der Waals surface area contributed by atoms with Gasteiger partial charge in [-0.05, 0) is 25.5 Å². The van der Waals surface area contributed by atoms with Crippen LogP contribution in [-0.4, -0.2) is 16.7 Å². The number of rotatable bonds is 3. The van der Waals surface area contributed by atoms with E-state index in [1.807, 2.05) is 0 Å². The molecule has 1 amide bonds. The Balaban J connectivity index is 2.77. The molecule has 1 aromatic rings. The summed E-state index contributed by atoms with van der Waals surface area (Å²) in [6, 6.07) is 1.79. The lowest BCUT2D eigenvalue weighted by Gasteiger charge is -2.24. The van der Waals surface area contributed by atoms with E-state index in [2.05, 4.69) is 4.98 Å². The predicted molar refractivity (Wildman–Crippen MR) is 57.7 cm³/mol. The van der Waals surface area contributed by atoms with Crippen molar-refractivity contribution < 1.29 is 9.53 Å². The third-order valence-electron chi connectivity index (χ3n) is 1.85. The van der Waals surface area contributed by atoms with Crippen molar-refractivity contribution in [3.8, 4) is 0 Å². The second kappa shape index (κ2) is 4.49. The van der Waals surface area contributed by atoms with Crippen LogP contribution in [0.2, 0.25) is 5.02 Å². The van der Waals surface area contributed by atoms with Gasteiger partial charge in [0.05, 0.1) is 5.02 Å². The van der Waals surface area contributed by atoms with Crippen LogP contribution in [0.3, 0.4) is 0 Å². The standard InChI is InChI=1S/C10H13ClN2O2/c1-10(2,15-9(12)14)5-7-3-4-13-6-8(7)11/h3-4,6H,5H2,1-2H3,(H2,12,14). The van der Waals surface area contributed by atoms with Gasteiger partial charge in [0, 0.05) is 18.8 Å². The fourth-order valence-corrected chi connectivity index (χ4v) is 1.50. The summed E-state index contributed by atoms with van der Waals surface area (Å²) in [5.41, 5.74) is 5.17. The lowest BCUT2D eigenvalue weighted by Crippen LogP contribution is -2.33. The third kappa shape index (κ3) is 3.75. The number of nitrogens with two attached hydrogens (primary N) is 1. The largest absolute Gasteiger partial charge is 0.443 e. The monoisotopic (exact) mass is 228 g/mol. The molecule has 1 aromatic heterocycles. The van der Waals surface area contributed by atoms with Crippen molar-refractivity contribution in [1.29, 1.82) is 0 Å². The Bertz CT molecular complexity index is 366. The van der Waals surface area contributed by atoms with Crippen molar-refractivity contribution in [2.75, 3.05) is 0 Å². The van der Waals surface area contributed by atoms with E-state index >= 15 is 0 Å². The van der Waals surface area contributed by atoms with Gasteiger partial charge in [0.25, 0.3) is 0 Å². The van der Waals surface area contributed by atoms with Crippen LogP contribution in [0.25, 0.3) is 0 Å². The van der Waals surface area contributed by atoms with Crippen LogP contribution in [0.15, 0.2) is 18.5 Å². The van der Waals surface area contributed by atoms with Gasteiger partial charge in [-0.15, -0.1) is 0 Å². The van der Waals surface area contributed by atoms with Gasteiger partial charge in [-0.25, -0.2) is 4.79 Å². The highest BCUT2D eigenvalue weighted by molar-refractivity contribution is 6.31. The fraction of sp³-hybridized carbons (Fsp3) is 0.400. The zero-order valence-corrected chi connectivity index (χ0v) is 9.41. The quantitative estimate of drug-likeness (QED) is 0.862. The Kier molecular flexibility index (Phi) is 3.52. The normalized spacial score (nSPS) is 11.1. The molecular formula is C10H13ClN2O2. The summed E-state index contributed by atoms with van der Waals surface area (Å²) >= 11 is 5.93. The maximum Gasteiger partial charge on any atom is 0.405 e. The van der Waals surface area contributed by atoms with E-state index in [1.165, 1.54) is 0 Å². The zero-order valence-electron chi connectivity index (χ0n) is 8.66. The SMILES string of the molecule is CC(C)(Cc1ccncc1Cl)OC(N)=O. The third-order valence-corrected chi connectivity index (χ3v) is 2.19. The van der Waals surface area contributed by atoms with E-state index in [1.54, 1.807) is 32.3 Å². The Morgan fingerprint density at radius 1 is 1.67 bits per heavy atom. The molecule has 0 saturated carbocycles. The Morgan fingerprint density at radius 2 is 2.33 bits per heavy atom. The number of nitrogens with zero attached hydrogens (tertiary/aromatic N) is 1. The number of pyridine rings is 1. The van der Waals surface area contributed by atoms with Gasteiger partial charge in [-0.3, -0.25) is 4.98 Å². The molecule has 0 spiro atoms. The molecular weight excluding hydrogens is 216 g/mol. The number of carbonyl (C=O) groups is 1. The number of amides is 1. The summed E-state index contributed by atoms with van der Waals surface area (Å²) in [5.74, 6) is 0. The molecule has 0 bridgehead atoms. The highest BCUT2D eigenvalue weighted by atomic mass is 35.5. The first kappa shape index (κ1) is 11.8. The molecule has 1 rings (SSSR count). The van der Waals surface area contributed by atoms with Crippen LogP contribution in [0.4, 0.5) is 4.79 Å². The Hall–Kier alpha value is -1.29. The molecule has 0 saturated heterocycles. The molecule has 0 radical (unpaired) electrons. The van der Waals surface area contributed by atoms with Gasteiger partial charge in [-0.1, -0.05) is 11.6 Å². The van der Waals surface area contributed by atoms with Crippen molar-refractivity contribution in [3.05, 3.63) is 29.0 Å². The van der Waals surface area contributed by atoms with Crippen molar-refractivity contribution in [1.82, 2.24) is 4.98 Å². The topological polar surface area (TPSA) is 65.2 Å². The number of hydrogen-bond donors (Lipinski definition) is 1. The van der Waals surface area contributed by atoms with Crippen LogP contribution in [0, 0.1) is 0 Å². The molecule has 0 aliphatic heterocycles. The molecule has 15 heavy (non-hydrogen) atoms. The number of halogens is 1. The van der Waals surface area contributed by atoms with E-state index in [-0.39, 0.29) is 0 Å². The molecule has 0 unspecified atom stereocenters. The van der Waals surface area contributed by atoms with Gasteiger partial charge >= 0.3 is 6.09 Å². The average molecular weight is 229 g/mol. The first-order chi connectivity index (χ1) is 6.91. The molecule has 2 N–H and O–H groups in total. The van der Waals surface area contributed by atoms with Crippen molar-refractivity contribution in [2.45, 2.75) is 25.9 Å². The van der Waals surface area contributed by atoms with E-state index in [0.29, 0.717) is 11.4 Å². The predicted octanol–water partition coefficient (Wildman–Crippen LogP) is 2.15.